The molecule has 0 aromatic heterocycles. The highest BCUT2D eigenvalue weighted by atomic mass is 15.1. The standard InChI is InChI=1S/C54H39N/c1-5-16-40(17-6-1)44-28-30-45(31-29-44)53-26-13-14-27-54(53)46-32-34-50(35-33-46)55(51-25-15-24-47(37-51)41-18-7-2-8-19-41)52-38-48(42-20-9-3-10-21-42)36-49(39-52)43-22-11-4-12-23-43/h1-39H. The molecule has 0 aliphatic heterocycles. The fourth-order valence-corrected chi connectivity index (χ4v) is 7.49. The normalized spacial score (nSPS) is 10.9. The van der Waals surface area contributed by atoms with E-state index in [1.807, 2.05) is 0 Å². The van der Waals surface area contributed by atoms with Crippen LogP contribution >= 0.6 is 0 Å². The number of anilines is 3. The van der Waals surface area contributed by atoms with Crippen LogP contribution in [0, 0.1) is 0 Å². The summed E-state index contributed by atoms with van der Waals surface area (Å²) < 4.78 is 0. The van der Waals surface area contributed by atoms with Gasteiger partial charge in [0.05, 0.1) is 0 Å². The lowest BCUT2D eigenvalue weighted by Crippen LogP contribution is -2.10. The van der Waals surface area contributed by atoms with Crippen molar-refractivity contribution in [3.05, 3.63) is 237 Å². The van der Waals surface area contributed by atoms with Crippen LogP contribution < -0.4 is 4.90 Å². The van der Waals surface area contributed by atoms with Gasteiger partial charge in [-0.15, -0.1) is 0 Å². The van der Waals surface area contributed by atoms with Gasteiger partial charge >= 0.3 is 0 Å². The molecule has 0 spiro atoms. The molecular weight excluding hydrogens is 663 g/mol. The van der Waals surface area contributed by atoms with Crippen molar-refractivity contribution in [3.8, 4) is 66.8 Å². The van der Waals surface area contributed by atoms with E-state index in [1.54, 1.807) is 0 Å². The molecule has 0 fully saturated rings. The average molecular weight is 702 g/mol. The molecule has 9 aromatic carbocycles. The summed E-state index contributed by atoms with van der Waals surface area (Å²) in [5.41, 5.74) is 17.6. The van der Waals surface area contributed by atoms with Crippen LogP contribution in [0.15, 0.2) is 237 Å². The number of benzene rings is 9. The van der Waals surface area contributed by atoms with E-state index in [2.05, 4.69) is 241 Å². The van der Waals surface area contributed by atoms with Gasteiger partial charge in [-0.3, -0.25) is 0 Å². The van der Waals surface area contributed by atoms with Crippen molar-refractivity contribution in [1.82, 2.24) is 0 Å². The third-order valence-corrected chi connectivity index (χ3v) is 10.3. The number of nitrogens with zero attached hydrogens (tertiary/aromatic N) is 1. The van der Waals surface area contributed by atoms with E-state index >= 15 is 0 Å². The maximum Gasteiger partial charge on any atom is 0.0473 e. The second-order valence-corrected chi connectivity index (χ2v) is 13.8. The van der Waals surface area contributed by atoms with Crippen molar-refractivity contribution in [2.24, 2.45) is 0 Å². The summed E-state index contributed by atoms with van der Waals surface area (Å²) in [6.07, 6.45) is 0. The highest BCUT2D eigenvalue weighted by molar-refractivity contribution is 5.88. The van der Waals surface area contributed by atoms with Crippen molar-refractivity contribution < 1.29 is 0 Å². The molecule has 9 rings (SSSR count). The minimum Gasteiger partial charge on any atom is -0.310 e. The van der Waals surface area contributed by atoms with Crippen LogP contribution in [0.3, 0.4) is 0 Å². The van der Waals surface area contributed by atoms with Gasteiger partial charge < -0.3 is 4.90 Å². The summed E-state index contributed by atoms with van der Waals surface area (Å²) in [6.45, 7) is 0. The maximum absolute atomic E-state index is 2.39. The van der Waals surface area contributed by atoms with E-state index in [1.165, 1.54) is 66.8 Å². The number of rotatable bonds is 9. The molecular formula is C54H39N. The monoisotopic (exact) mass is 701 g/mol. The quantitative estimate of drug-likeness (QED) is 0.145. The van der Waals surface area contributed by atoms with Crippen molar-refractivity contribution >= 4 is 17.1 Å². The van der Waals surface area contributed by atoms with E-state index in [4.69, 9.17) is 0 Å². The van der Waals surface area contributed by atoms with Gasteiger partial charge in [-0.25, -0.2) is 0 Å². The molecule has 0 heterocycles. The zero-order chi connectivity index (χ0) is 36.8. The van der Waals surface area contributed by atoms with E-state index in [0.717, 1.165) is 17.1 Å². The fourth-order valence-electron chi connectivity index (χ4n) is 7.49. The largest absolute Gasteiger partial charge is 0.310 e. The first kappa shape index (κ1) is 33.6. The highest BCUT2D eigenvalue weighted by Gasteiger charge is 2.17. The van der Waals surface area contributed by atoms with Gasteiger partial charge in [0.15, 0.2) is 0 Å². The molecule has 1 heteroatoms. The molecule has 0 atom stereocenters. The fraction of sp³-hybridized carbons (Fsp3) is 0. The van der Waals surface area contributed by atoms with Gasteiger partial charge in [-0.2, -0.15) is 0 Å². The predicted octanol–water partition coefficient (Wildman–Crippen LogP) is 15.2. The molecule has 260 valence electrons. The summed E-state index contributed by atoms with van der Waals surface area (Å²) in [4.78, 5) is 2.39. The molecule has 0 bridgehead atoms. The lowest BCUT2D eigenvalue weighted by Gasteiger charge is -2.27. The average Bonchev–Trinajstić information content (AvgIpc) is 3.28. The van der Waals surface area contributed by atoms with E-state index in [0.29, 0.717) is 0 Å². The number of hydrogen-bond donors (Lipinski definition) is 0. The van der Waals surface area contributed by atoms with Crippen LogP contribution in [0.1, 0.15) is 0 Å². The Balaban J connectivity index is 1.16. The summed E-state index contributed by atoms with van der Waals surface area (Å²) in [5.74, 6) is 0. The second-order valence-electron chi connectivity index (χ2n) is 13.8. The first-order valence-electron chi connectivity index (χ1n) is 18.8. The van der Waals surface area contributed by atoms with Crippen molar-refractivity contribution in [1.29, 1.82) is 0 Å². The molecule has 0 aliphatic carbocycles. The topological polar surface area (TPSA) is 3.24 Å². The van der Waals surface area contributed by atoms with Gasteiger partial charge in [0, 0.05) is 17.1 Å². The lowest BCUT2D eigenvalue weighted by molar-refractivity contribution is 1.28. The third kappa shape index (κ3) is 7.25. The highest BCUT2D eigenvalue weighted by Crippen LogP contribution is 2.42. The molecule has 9 aromatic rings. The van der Waals surface area contributed by atoms with Crippen LogP contribution in [0.2, 0.25) is 0 Å². The Morgan fingerprint density at radius 1 is 0.182 bits per heavy atom. The first-order chi connectivity index (χ1) is 27.3. The molecule has 0 aliphatic rings. The van der Waals surface area contributed by atoms with Crippen LogP contribution in [0.25, 0.3) is 66.8 Å². The van der Waals surface area contributed by atoms with Crippen molar-refractivity contribution in [2.45, 2.75) is 0 Å². The second kappa shape index (κ2) is 15.4. The zero-order valence-electron chi connectivity index (χ0n) is 30.5. The van der Waals surface area contributed by atoms with Crippen LogP contribution in [0.4, 0.5) is 17.1 Å². The summed E-state index contributed by atoms with van der Waals surface area (Å²) in [7, 11) is 0. The molecule has 55 heavy (non-hydrogen) atoms. The van der Waals surface area contributed by atoms with Gasteiger partial charge in [0.2, 0.25) is 0 Å². The number of hydrogen-bond acceptors (Lipinski definition) is 1. The molecule has 0 radical (unpaired) electrons. The molecule has 0 unspecified atom stereocenters. The van der Waals surface area contributed by atoms with E-state index in [9.17, 15) is 0 Å². The predicted molar refractivity (Wildman–Crippen MR) is 234 cm³/mol. The van der Waals surface area contributed by atoms with Crippen LogP contribution in [-0.2, 0) is 0 Å². The van der Waals surface area contributed by atoms with Gasteiger partial charge in [0.1, 0.15) is 0 Å². The molecule has 0 saturated carbocycles. The lowest BCUT2D eigenvalue weighted by atomic mass is 9.93. The van der Waals surface area contributed by atoms with E-state index in [-0.39, 0.29) is 0 Å². The molecule has 0 amide bonds. The molecule has 0 saturated heterocycles. The minimum atomic E-state index is 1.09. The van der Waals surface area contributed by atoms with Crippen molar-refractivity contribution in [3.63, 3.8) is 0 Å². The minimum absolute atomic E-state index is 1.09. The Hall–Kier alpha value is -7.22. The zero-order valence-corrected chi connectivity index (χ0v) is 30.5. The van der Waals surface area contributed by atoms with E-state index < -0.39 is 0 Å². The van der Waals surface area contributed by atoms with Crippen molar-refractivity contribution in [2.75, 3.05) is 4.90 Å². The summed E-state index contributed by atoms with van der Waals surface area (Å²) in [5, 5.41) is 0. The maximum atomic E-state index is 2.39. The van der Waals surface area contributed by atoms with Crippen LogP contribution in [-0.4, -0.2) is 0 Å². The van der Waals surface area contributed by atoms with Gasteiger partial charge in [0.25, 0.3) is 0 Å². The SMILES string of the molecule is c1ccc(-c2ccc(-c3ccccc3-c3ccc(N(c4cccc(-c5ccccc5)c4)c4cc(-c5ccccc5)cc(-c5ccccc5)c4)cc3)cc2)cc1. The summed E-state index contributed by atoms with van der Waals surface area (Å²) in [6, 6.07) is 85.0. The first-order valence-corrected chi connectivity index (χ1v) is 18.8. The Morgan fingerprint density at radius 2 is 0.527 bits per heavy atom. The Labute approximate surface area is 324 Å². The van der Waals surface area contributed by atoms with Gasteiger partial charge in [-0.05, 0) is 109 Å². The Kier molecular flexibility index (Phi) is 9.41. The van der Waals surface area contributed by atoms with Gasteiger partial charge in [-0.1, -0.05) is 194 Å². The smallest absolute Gasteiger partial charge is 0.0473 e. The Morgan fingerprint density at radius 3 is 1.02 bits per heavy atom. The Bertz CT molecular complexity index is 2590. The third-order valence-electron chi connectivity index (χ3n) is 10.3. The molecule has 0 N–H and O–H groups in total. The van der Waals surface area contributed by atoms with Crippen LogP contribution in [0.5, 0.6) is 0 Å². The molecule has 1 nitrogen and oxygen atoms in total. The summed E-state index contributed by atoms with van der Waals surface area (Å²) >= 11 is 0.